The fraction of sp³-hybridized carbons (Fsp3) is 0.600. The van der Waals surface area contributed by atoms with E-state index in [2.05, 4.69) is 9.84 Å². The van der Waals surface area contributed by atoms with Gasteiger partial charge in [0.1, 0.15) is 0 Å². The van der Waals surface area contributed by atoms with Gasteiger partial charge < -0.3 is 4.74 Å². The minimum atomic E-state index is -4.47. The summed E-state index contributed by atoms with van der Waals surface area (Å²) in [6.45, 7) is 3.18. The highest BCUT2D eigenvalue weighted by Crippen LogP contribution is 2.28. The van der Waals surface area contributed by atoms with Crippen LogP contribution >= 0.6 is 0 Å². The van der Waals surface area contributed by atoms with Gasteiger partial charge >= 0.3 is 12.1 Å². The van der Waals surface area contributed by atoms with E-state index in [4.69, 9.17) is 0 Å². The Hall–Kier alpha value is -1.53. The number of carbonyl (C=O) groups excluding carboxylic acids is 1. The quantitative estimate of drug-likeness (QED) is 0.772. The topological polar surface area (TPSA) is 44.1 Å². The molecule has 0 unspecified atom stereocenters. The molecule has 1 heterocycles. The van der Waals surface area contributed by atoms with Crippen molar-refractivity contribution in [1.82, 2.24) is 9.78 Å². The monoisotopic (exact) mass is 250 g/mol. The van der Waals surface area contributed by atoms with Gasteiger partial charge in [-0.1, -0.05) is 0 Å². The van der Waals surface area contributed by atoms with Crippen LogP contribution in [0.15, 0.2) is 12.3 Å². The van der Waals surface area contributed by atoms with Gasteiger partial charge in [0.2, 0.25) is 0 Å². The van der Waals surface area contributed by atoms with Gasteiger partial charge in [0, 0.05) is 6.20 Å². The molecule has 0 bridgehead atoms. The van der Waals surface area contributed by atoms with Gasteiger partial charge in [-0.25, -0.2) is 0 Å². The molecule has 0 N–H and O–H groups in total. The first-order valence-corrected chi connectivity index (χ1v) is 4.86. The zero-order valence-corrected chi connectivity index (χ0v) is 9.71. The molecule has 96 valence electrons. The maximum Gasteiger partial charge on any atom is 0.435 e. The summed E-state index contributed by atoms with van der Waals surface area (Å²) in [7, 11) is 1.23. The maximum atomic E-state index is 12.3. The van der Waals surface area contributed by atoms with Crippen molar-refractivity contribution in [3.8, 4) is 0 Å². The predicted molar refractivity (Wildman–Crippen MR) is 53.0 cm³/mol. The third-order valence-corrected chi connectivity index (χ3v) is 2.23. The first-order chi connectivity index (χ1) is 7.66. The van der Waals surface area contributed by atoms with Crippen molar-refractivity contribution in [3.05, 3.63) is 18.0 Å². The standard InChI is InChI=1S/C10H13F3N2O2/c1-9(2,8(16)17-3)6-15-5-4-7(14-15)10(11,12)13/h4-5H,6H2,1-3H3. The summed E-state index contributed by atoms with van der Waals surface area (Å²) in [4.78, 5) is 11.4. The average molecular weight is 250 g/mol. The van der Waals surface area contributed by atoms with Crippen molar-refractivity contribution in [3.63, 3.8) is 0 Å². The van der Waals surface area contributed by atoms with Crippen molar-refractivity contribution in [2.45, 2.75) is 26.6 Å². The molecule has 1 aromatic heterocycles. The highest BCUT2D eigenvalue weighted by Gasteiger charge is 2.35. The van der Waals surface area contributed by atoms with E-state index in [-0.39, 0.29) is 6.54 Å². The molecule has 0 amide bonds. The average Bonchev–Trinajstić information content (AvgIpc) is 2.63. The van der Waals surface area contributed by atoms with Crippen LogP contribution in [-0.4, -0.2) is 22.9 Å². The van der Waals surface area contributed by atoms with Crippen LogP contribution in [0.2, 0.25) is 0 Å². The van der Waals surface area contributed by atoms with Crippen LogP contribution in [0.25, 0.3) is 0 Å². The van der Waals surface area contributed by atoms with E-state index in [0.717, 1.165) is 10.7 Å². The summed E-state index contributed by atoms with van der Waals surface area (Å²) >= 11 is 0. The third kappa shape index (κ3) is 3.21. The van der Waals surface area contributed by atoms with Crippen molar-refractivity contribution in [2.75, 3.05) is 7.11 Å². The number of carbonyl (C=O) groups is 1. The van der Waals surface area contributed by atoms with Crippen LogP contribution in [0.1, 0.15) is 19.5 Å². The predicted octanol–water partition coefficient (Wildman–Crippen LogP) is 2.10. The molecule has 0 aliphatic carbocycles. The van der Waals surface area contributed by atoms with Crippen LogP contribution in [0.5, 0.6) is 0 Å². The molecule has 0 fully saturated rings. The Balaban J connectivity index is 2.83. The molecule has 17 heavy (non-hydrogen) atoms. The number of aromatic nitrogens is 2. The number of methoxy groups -OCH3 is 1. The van der Waals surface area contributed by atoms with Gasteiger partial charge in [0.25, 0.3) is 0 Å². The Morgan fingerprint density at radius 2 is 2.06 bits per heavy atom. The number of hydrogen-bond acceptors (Lipinski definition) is 3. The van der Waals surface area contributed by atoms with Crippen LogP contribution in [0.4, 0.5) is 13.2 Å². The molecule has 1 aromatic rings. The van der Waals surface area contributed by atoms with Gasteiger partial charge in [0.05, 0.1) is 19.1 Å². The van der Waals surface area contributed by atoms with E-state index in [1.54, 1.807) is 13.8 Å². The molecule has 0 radical (unpaired) electrons. The molecule has 0 spiro atoms. The zero-order chi connectivity index (χ0) is 13.3. The Bertz CT molecular complexity index is 410. The van der Waals surface area contributed by atoms with E-state index in [9.17, 15) is 18.0 Å². The van der Waals surface area contributed by atoms with Crippen LogP contribution < -0.4 is 0 Å². The molecular weight excluding hydrogens is 237 g/mol. The molecule has 0 aliphatic rings. The van der Waals surface area contributed by atoms with E-state index in [1.807, 2.05) is 0 Å². The van der Waals surface area contributed by atoms with Crippen molar-refractivity contribution >= 4 is 5.97 Å². The summed E-state index contributed by atoms with van der Waals surface area (Å²) in [6.07, 6.45) is -3.28. The third-order valence-electron chi connectivity index (χ3n) is 2.23. The summed E-state index contributed by atoms with van der Waals surface area (Å²) in [5.74, 6) is -0.499. The van der Waals surface area contributed by atoms with Crippen LogP contribution in [0.3, 0.4) is 0 Å². The number of esters is 1. The Morgan fingerprint density at radius 1 is 1.47 bits per heavy atom. The molecule has 0 saturated carbocycles. The second-order valence-electron chi connectivity index (χ2n) is 4.27. The van der Waals surface area contributed by atoms with Crippen molar-refractivity contribution in [1.29, 1.82) is 0 Å². The number of hydrogen-bond donors (Lipinski definition) is 0. The normalized spacial score (nSPS) is 12.6. The molecule has 0 atom stereocenters. The highest BCUT2D eigenvalue weighted by molar-refractivity contribution is 5.75. The summed E-state index contributed by atoms with van der Waals surface area (Å²) in [5, 5.41) is 3.37. The Labute approximate surface area is 96.4 Å². The fourth-order valence-electron chi connectivity index (χ4n) is 1.35. The van der Waals surface area contributed by atoms with Gasteiger partial charge in [0.15, 0.2) is 5.69 Å². The largest absolute Gasteiger partial charge is 0.469 e. The number of halogens is 3. The lowest BCUT2D eigenvalue weighted by molar-refractivity contribution is -0.151. The molecule has 7 heteroatoms. The Morgan fingerprint density at radius 3 is 2.47 bits per heavy atom. The number of rotatable bonds is 3. The molecular formula is C10H13F3N2O2. The van der Waals surface area contributed by atoms with E-state index in [1.165, 1.54) is 13.3 Å². The van der Waals surface area contributed by atoms with Gasteiger partial charge in [-0.3, -0.25) is 9.48 Å². The van der Waals surface area contributed by atoms with Crippen LogP contribution in [-0.2, 0) is 22.3 Å². The first-order valence-electron chi connectivity index (χ1n) is 4.86. The zero-order valence-electron chi connectivity index (χ0n) is 9.71. The van der Waals surface area contributed by atoms with Gasteiger partial charge in [-0.2, -0.15) is 18.3 Å². The summed E-state index contributed by atoms with van der Waals surface area (Å²) < 4.78 is 42.5. The first kappa shape index (κ1) is 13.5. The highest BCUT2D eigenvalue weighted by atomic mass is 19.4. The molecule has 0 aliphatic heterocycles. The minimum absolute atomic E-state index is 0.0236. The maximum absolute atomic E-state index is 12.3. The minimum Gasteiger partial charge on any atom is -0.469 e. The second kappa shape index (κ2) is 4.38. The van der Waals surface area contributed by atoms with Crippen LogP contribution in [0, 0.1) is 5.41 Å². The summed E-state index contributed by atoms with van der Waals surface area (Å²) in [5.41, 5.74) is -1.90. The lowest BCUT2D eigenvalue weighted by Crippen LogP contribution is -2.31. The van der Waals surface area contributed by atoms with Gasteiger partial charge in [-0.15, -0.1) is 0 Å². The molecule has 4 nitrogen and oxygen atoms in total. The smallest absolute Gasteiger partial charge is 0.435 e. The second-order valence-corrected chi connectivity index (χ2v) is 4.27. The number of nitrogens with zero attached hydrogens (tertiary/aromatic N) is 2. The lowest BCUT2D eigenvalue weighted by Gasteiger charge is -2.21. The SMILES string of the molecule is COC(=O)C(C)(C)Cn1ccc(C(F)(F)F)n1. The molecule has 0 saturated heterocycles. The van der Waals surface area contributed by atoms with E-state index < -0.39 is 23.3 Å². The number of ether oxygens (including phenoxy) is 1. The lowest BCUT2D eigenvalue weighted by atomic mass is 9.94. The van der Waals surface area contributed by atoms with Crippen molar-refractivity contribution < 1.29 is 22.7 Å². The van der Waals surface area contributed by atoms with E-state index >= 15 is 0 Å². The number of alkyl halides is 3. The molecule has 1 rings (SSSR count). The Kier molecular flexibility index (Phi) is 3.49. The summed E-state index contributed by atoms with van der Waals surface area (Å²) in [6, 6.07) is 0.868. The molecule has 0 aromatic carbocycles. The fourth-order valence-corrected chi connectivity index (χ4v) is 1.35. The van der Waals surface area contributed by atoms with E-state index in [0.29, 0.717) is 0 Å². The van der Waals surface area contributed by atoms with Crippen molar-refractivity contribution in [2.24, 2.45) is 5.41 Å². The van der Waals surface area contributed by atoms with Gasteiger partial charge in [-0.05, 0) is 19.9 Å².